The van der Waals surface area contributed by atoms with E-state index < -0.39 is 47.4 Å². The van der Waals surface area contributed by atoms with E-state index in [1.54, 1.807) is 29.2 Å². The number of carbonyl (C=O) groups is 4. The molecule has 2 fully saturated rings. The molecule has 1 spiro atoms. The minimum atomic E-state index is -1.51. The number of rotatable bonds is 7. The molecule has 4 amide bonds. The quantitative estimate of drug-likeness (QED) is 0.425. The van der Waals surface area contributed by atoms with Crippen molar-refractivity contribution in [3.8, 4) is 6.07 Å². The molecule has 0 radical (unpaired) electrons. The monoisotopic (exact) mass is 573 g/mol. The number of aliphatic hydroxyl groups excluding tert-OH is 1. The standard InChI is InChI=1S/C26H25Cl2N5O6/c1-14(34)22(23(36)37)30-21(35)12-32-11-20(16-5-3-15(10-29)4-6-16)26(13-32)24(38)33(25(39)31(26)2)19-8-17(27)7-18(28)9-19/h3-9,14,20,22,34H,11-13H2,1-2H3,(H,30,35)(H,36,37). The first-order valence-electron chi connectivity index (χ1n) is 11.9. The van der Waals surface area contributed by atoms with Crippen molar-refractivity contribution in [2.75, 3.05) is 31.6 Å². The molecule has 11 nitrogen and oxygen atoms in total. The molecule has 4 unspecified atom stereocenters. The third-order valence-electron chi connectivity index (χ3n) is 7.11. The Morgan fingerprint density at radius 3 is 2.33 bits per heavy atom. The summed E-state index contributed by atoms with van der Waals surface area (Å²) in [6, 6.07) is 10.9. The number of aliphatic hydroxyl groups is 1. The lowest BCUT2D eigenvalue weighted by molar-refractivity contribution is -0.144. The van der Waals surface area contributed by atoms with Gasteiger partial charge in [-0.15, -0.1) is 0 Å². The number of carbonyl (C=O) groups excluding carboxylic acids is 3. The SMILES string of the molecule is CC(O)C(NC(=O)CN1CC(c2ccc(C#N)cc2)C2(C1)C(=O)N(c1cc(Cl)cc(Cl)c1)C(=O)N2C)C(=O)O. The number of anilines is 1. The molecule has 2 aliphatic heterocycles. The number of carboxylic acids is 1. The summed E-state index contributed by atoms with van der Waals surface area (Å²) in [5, 5.41) is 31.0. The zero-order valence-electron chi connectivity index (χ0n) is 21.0. The highest BCUT2D eigenvalue weighted by atomic mass is 35.5. The summed E-state index contributed by atoms with van der Waals surface area (Å²) in [7, 11) is 1.50. The predicted octanol–water partition coefficient (Wildman–Crippen LogP) is 2.05. The summed E-state index contributed by atoms with van der Waals surface area (Å²) < 4.78 is 0. The summed E-state index contributed by atoms with van der Waals surface area (Å²) in [6.45, 7) is 1.09. The Hall–Kier alpha value is -3.69. The number of nitrogens with one attached hydrogen (secondary N) is 1. The topological polar surface area (TPSA) is 154 Å². The van der Waals surface area contributed by atoms with Gasteiger partial charge in [0, 0.05) is 36.1 Å². The summed E-state index contributed by atoms with van der Waals surface area (Å²) in [5.41, 5.74) is -0.153. The number of imide groups is 1. The van der Waals surface area contributed by atoms with Crippen molar-refractivity contribution in [2.24, 2.45) is 0 Å². The average Bonchev–Trinajstić information content (AvgIpc) is 3.33. The Labute approximate surface area is 234 Å². The number of benzene rings is 2. The zero-order chi connectivity index (χ0) is 28.6. The van der Waals surface area contributed by atoms with Crippen molar-refractivity contribution in [1.82, 2.24) is 15.1 Å². The molecule has 2 aliphatic rings. The fourth-order valence-electron chi connectivity index (χ4n) is 5.22. The second-order valence-electron chi connectivity index (χ2n) is 9.61. The molecule has 39 heavy (non-hydrogen) atoms. The van der Waals surface area contributed by atoms with Gasteiger partial charge >= 0.3 is 12.0 Å². The second-order valence-corrected chi connectivity index (χ2v) is 10.5. The summed E-state index contributed by atoms with van der Waals surface area (Å²) in [5.74, 6) is -3.21. The molecule has 204 valence electrons. The largest absolute Gasteiger partial charge is 0.480 e. The Balaban J connectivity index is 1.72. The minimum absolute atomic E-state index is 0.0383. The van der Waals surface area contributed by atoms with Gasteiger partial charge in [-0.1, -0.05) is 35.3 Å². The number of halogens is 2. The van der Waals surface area contributed by atoms with E-state index in [1.807, 2.05) is 6.07 Å². The molecule has 2 aromatic rings. The van der Waals surface area contributed by atoms with Crippen LogP contribution >= 0.6 is 23.2 Å². The first-order valence-corrected chi connectivity index (χ1v) is 12.7. The van der Waals surface area contributed by atoms with Crippen LogP contribution in [0.5, 0.6) is 0 Å². The van der Waals surface area contributed by atoms with Crippen molar-refractivity contribution in [3.63, 3.8) is 0 Å². The summed E-state index contributed by atoms with van der Waals surface area (Å²) in [6.07, 6.45) is -1.33. The maximum Gasteiger partial charge on any atom is 0.332 e. The molecule has 0 aliphatic carbocycles. The van der Waals surface area contributed by atoms with Gasteiger partial charge < -0.3 is 20.4 Å². The molecule has 4 atom stereocenters. The first kappa shape index (κ1) is 28.3. The van der Waals surface area contributed by atoms with E-state index in [0.29, 0.717) is 11.1 Å². The number of urea groups is 1. The van der Waals surface area contributed by atoms with Gasteiger partial charge in [-0.25, -0.2) is 14.5 Å². The van der Waals surface area contributed by atoms with E-state index in [9.17, 15) is 34.7 Å². The van der Waals surface area contributed by atoms with E-state index in [-0.39, 0.29) is 35.4 Å². The van der Waals surface area contributed by atoms with Crippen LogP contribution in [0.3, 0.4) is 0 Å². The number of nitriles is 1. The number of hydrogen-bond donors (Lipinski definition) is 3. The van der Waals surface area contributed by atoms with Gasteiger partial charge in [0.25, 0.3) is 5.91 Å². The molecule has 2 saturated heterocycles. The first-order chi connectivity index (χ1) is 18.4. The number of hydrogen-bond acceptors (Lipinski definition) is 7. The van der Waals surface area contributed by atoms with Crippen LogP contribution in [0.2, 0.25) is 10.0 Å². The number of carboxylic acid groups (broad SMARTS) is 1. The lowest BCUT2D eigenvalue weighted by atomic mass is 9.80. The van der Waals surface area contributed by atoms with Crippen molar-refractivity contribution < 1.29 is 29.4 Å². The van der Waals surface area contributed by atoms with Crippen molar-refractivity contribution in [1.29, 1.82) is 5.26 Å². The highest BCUT2D eigenvalue weighted by Crippen LogP contribution is 2.46. The third kappa shape index (κ3) is 5.16. The van der Waals surface area contributed by atoms with Gasteiger partial charge in [0.1, 0.15) is 5.54 Å². The minimum Gasteiger partial charge on any atom is -0.480 e. The Bertz CT molecular complexity index is 1360. The van der Waals surface area contributed by atoms with Crippen molar-refractivity contribution in [2.45, 2.75) is 30.5 Å². The average molecular weight is 574 g/mol. The number of likely N-dealkylation sites (tertiary alicyclic amines) is 1. The highest BCUT2D eigenvalue weighted by molar-refractivity contribution is 6.35. The van der Waals surface area contributed by atoms with Crippen LogP contribution in [-0.2, 0) is 14.4 Å². The van der Waals surface area contributed by atoms with Crippen molar-refractivity contribution in [3.05, 3.63) is 63.6 Å². The van der Waals surface area contributed by atoms with E-state index in [1.165, 1.54) is 37.1 Å². The van der Waals surface area contributed by atoms with Crippen molar-refractivity contribution >= 4 is 52.7 Å². The number of likely N-dealkylation sites (N-methyl/N-ethyl adjacent to an activating group) is 1. The van der Waals surface area contributed by atoms with E-state index >= 15 is 0 Å². The van der Waals surface area contributed by atoms with Crippen LogP contribution in [0.4, 0.5) is 10.5 Å². The van der Waals surface area contributed by atoms with Gasteiger partial charge in [-0.05, 0) is 42.8 Å². The van der Waals surface area contributed by atoms with Crippen LogP contribution < -0.4 is 10.2 Å². The van der Waals surface area contributed by atoms with Gasteiger partial charge in [0.15, 0.2) is 6.04 Å². The number of nitrogens with zero attached hydrogens (tertiary/aromatic N) is 4. The van der Waals surface area contributed by atoms with E-state index in [2.05, 4.69) is 5.32 Å². The fraction of sp³-hybridized carbons (Fsp3) is 0.346. The number of aliphatic carboxylic acids is 1. The van der Waals surface area contributed by atoms with E-state index in [4.69, 9.17) is 23.2 Å². The molecular formula is C26H25Cl2N5O6. The van der Waals surface area contributed by atoms with Gasteiger partial charge in [-0.2, -0.15) is 5.26 Å². The van der Waals surface area contributed by atoms with Crippen LogP contribution in [-0.4, -0.2) is 88.2 Å². The maximum atomic E-state index is 14.2. The van der Waals surface area contributed by atoms with Gasteiger partial charge in [0.05, 0.1) is 30.0 Å². The van der Waals surface area contributed by atoms with Gasteiger partial charge in [-0.3, -0.25) is 14.5 Å². The molecule has 0 bridgehead atoms. The highest BCUT2D eigenvalue weighted by Gasteiger charge is 2.64. The second kappa shape index (κ2) is 10.8. The van der Waals surface area contributed by atoms with Crippen LogP contribution in [0.25, 0.3) is 0 Å². The summed E-state index contributed by atoms with van der Waals surface area (Å²) in [4.78, 5) is 55.8. The number of amides is 4. The normalized spacial score (nSPS) is 22.7. The van der Waals surface area contributed by atoms with Crippen LogP contribution in [0.1, 0.15) is 24.0 Å². The molecule has 4 rings (SSSR count). The third-order valence-corrected chi connectivity index (χ3v) is 7.55. The molecule has 2 heterocycles. The molecule has 3 N–H and O–H groups in total. The molecule has 2 aromatic carbocycles. The van der Waals surface area contributed by atoms with Crippen LogP contribution in [0.15, 0.2) is 42.5 Å². The fourth-order valence-corrected chi connectivity index (χ4v) is 5.74. The van der Waals surface area contributed by atoms with Gasteiger partial charge in [0.2, 0.25) is 5.91 Å². The molecular weight excluding hydrogens is 549 g/mol. The summed E-state index contributed by atoms with van der Waals surface area (Å²) >= 11 is 12.3. The lowest BCUT2D eigenvalue weighted by Gasteiger charge is -2.34. The van der Waals surface area contributed by atoms with Crippen LogP contribution in [0, 0.1) is 11.3 Å². The molecule has 13 heteroatoms. The van der Waals surface area contributed by atoms with E-state index in [0.717, 1.165) is 4.90 Å². The Morgan fingerprint density at radius 1 is 1.18 bits per heavy atom. The predicted molar refractivity (Wildman–Crippen MR) is 141 cm³/mol. The Morgan fingerprint density at radius 2 is 1.79 bits per heavy atom. The maximum absolute atomic E-state index is 14.2. The smallest absolute Gasteiger partial charge is 0.332 e. The Kier molecular flexibility index (Phi) is 7.86. The molecule has 0 aromatic heterocycles. The molecule has 0 saturated carbocycles. The zero-order valence-corrected chi connectivity index (χ0v) is 22.5. The lowest BCUT2D eigenvalue weighted by Crippen LogP contribution is -2.54.